The average Bonchev–Trinajstić information content (AvgIpc) is 3.37. The maximum atomic E-state index is 12.9. The molecule has 2 fully saturated rings. The monoisotopic (exact) mass is 653 g/mol. The lowest BCUT2D eigenvalue weighted by atomic mass is 9.93. The van der Waals surface area contributed by atoms with Gasteiger partial charge >= 0.3 is 5.97 Å². The molecule has 0 unspecified atom stereocenters. The van der Waals surface area contributed by atoms with Crippen molar-refractivity contribution in [1.29, 1.82) is 0 Å². The molecule has 0 bridgehead atoms. The van der Waals surface area contributed by atoms with Gasteiger partial charge in [-0.05, 0) is 83.5 Å². The lowest BCUT2D eigenvalue weighted by molar-refractivity contribution is -0.0592. The number of nitrogens with zero attached hydrogens (tertiary/aromatic N) is 5. The summed E-state index contributed by atoms with van der Waals surface area (Å²) in [5.41, 5.74) is 4.68. The van der Waals surface area contributed by atoms with E-state index in [2.05, 4.69) is 20.5 Å². The molecule has 5 aromatic rings. The van der Waals surface area contributed by atoms with Crippen LogP contribution < -0.4 is 4.74 Å². The third-order valence-electron chi connectivity index (χ3n) is 8.93. The van der Waals surface area contributed by atoms with Crippen LogP contribution in [0.3, 0.4) is 0 Å². The van der Waals surface area contributed by atoms with Crippen LogP contribution in [0.2, 0.25) is 5.02 Å². The quantitative estimate of drug-likeness (QED) is 0.153. The molecule has 0 aliphatic carbocycles. The SMILES string of the molecule is CC(C)(C)OC(=O)c1ccc2nc(CN3CCC(c4cccc(OCc5cccc6c(Cl)ccnc56)n4)CC3)n(C[C@@H]3CCO3)c2c1. The number of hydrogen-bond acceptors (Lipinski definition) is 8. The highest BCUT2D eigenvalue weighted by Gasteiger charge is 2.27. The van der Waals surface area contributed by atoms with Crippen LogP contribution in [0.25, 0.3) is 21.9 Å². The van der Waals surface area contributed by atoms with Crippen LogP contribution in [0.4, 0.5) is 0 Å². The number of halogens is 1. The Bertz CT molecular complexity index is 1910. The van der Waals surface area contributed by atoms with Gasteiger partial charge < -0.3 is 18.8 Å². The number of carbonyl (C=O) groups is 1. The lowest BCUT2D eigenvalue weighted by Gasteiger charge is -2.32. The number of imidazole rings is 1. The van der Waals surface area contributed by atoms with Gasteiger partial charge in [0.05, 0.1) is 46.3 Å². The zero-order chi connectivity index (χ0) is 32.5. The molecule has 2 saturated heterocycles. The van der Waals surface area contributed by atoms with E-state index in [1.165, 1.54) is 0 Å². The van der Waals surface area contributed by atoms with Crippen LogP contribution in [0, 0.1) is 0 Å². The summed E-state index contributed by atoms with van der Waals surface area (Å²) in [6.07, 6.45) is 4.91. The minimum absolute atomic E-state index is 0.164. The Kier molecular flexibility index (Phi) is 8.87. The number of fused-ring (bicyclic) bond motifs is 2. The smallest absolute Gasteiger partial charge is 0.338 e. The fourth-order valence-electron chi connectivity index (χ4n) is 6.39. The van der Waals surface area contributed by atoms with Crippen LogP contribution in [0.1, 0.15) is 73.4 Å². The number of aromatic nitrogens is 4. The van der Waals surface area contributed by atoms with Gasteiger partial charge in [0.2, 0.25) is 5.88 Å². The Morgan fingerprint density at radius 1 is 1.02 bits per heavy atom. The van der Waals surface area contributed by atoms with E-state index < -0.39 is 5.60 Å². The fraction of sp³-hybridized carbons (Fsp3) is 0.405. The summed E-state index contributed by atoms with van der Waals surface area (Å²) in [4.78, 5) is 29.8. The first kappa shape index (κ1) is 31.5. The largest absolute Gasteiger partial charge is 0.473 e. The van der Waals surface area contributed by atoms with Crippen molar-refractivity contribution in [2.75, 3.05) is 19.7 Å². The molecule has 9 nitrogen and oxygen atoms in total. The number of rotatable bonds is 9. The minimum Gasteiger partial charge on any atom is -0.473 e. The molecular formula is C37H40ClN5O4. The number of likely N-dealkylation sites (tertiary alicyclic amines) is 1. The standard InChI is InChI=1S/C37H40ClN5O4/c1-37(2,3)47-36(44)25-10-11-31-32(20-25)43(21-27-15-19-45-27)33(40-31)22-42-17-13-24(14-18-42)30-8-5-9-34(41-30)46-23-26-6-4-7-28-29(38)12-16-39-35(26)28/h4-12,16,20,24,27H,13-15,17-19,21-23H2,1-3H3/t27-/m0/s1. The molecular weight excluding hydrogens is 614 g/mol. The Hall–Kier alpha value is -4.05. The number of carbonyl (C=O) groups excluding carboxylic acids is 1. The van der Waals surface area contributed by atoms with E-state index in [0.29, 0.717) is 29.0 Å². The lowest BCUT2D eigenvalue weighted by Crippen LogP contribution is -2.35. The second kappa shape index (κ2) is 13.2. The Morgan fingerprint density at radius 2 is 1.83 bits per heavy atom. The third-order valence-corrected chi connectivity index (χ3v) is 9.26. The van der Waals surface area contributed by atoms with E-state index in [4.69, 9.17) is 35.8 Å². The summed E-state index contributed by atoms with van der Waals surface area (Å²) in [6.45, 7) is 10.1. The van der Waals surface area contributed by atoms with Crippen molar-refractivity contribution in [2.24, 2.45) is 0 Å². The molecule has 2 aliphatic heterocycles. The van der Waals surface area contributed by atoms with E-state index in [9.17, 15) is 4.79 Å². The molecule has 47 heavy (non-hydrogen) atoms. The molecule has 0 spiro atoms. The molecule has 7 rings (SSSR count). The molecule has 0 amide bonds. The third kappa shape index (κ3) is 7.12. The zero-order valence-electron chi connectivity index (χ0n) is 27.1. The van der Waals surface area contributed by atoms with E-state index in [1.807, 2.05) is 69.3 Å². The number of esters is 1. The van der Waals surface area contributed by atoms with Gasteiger partial charge in [0.1, 0.15) is 18.0 Å². The van der Waals surface area contributed by atoms with Crippen LogP contribution >= 0.6 is 11.6 Å². The summed E-state index contributed by atoms with van der Waals surface area (Å²) in [5.74, 6) is 1.63. The number of para-hydroxylation sites is 1. The molecule has 0 saturated carbocycles. The topological polar surface area (TPSA) is 91.6 Å². The number of benzene rings is 2. The van der Waals surface area contributed by atoms with Crippen molar-refractivity contribution in [2.45, 2.75) is 77.4 Å². The van der Waals surface area contributed by atoms with Gasteiger partial charge in [-0.2, -0.15) is 0 Å². The van der Waals surface area contributed by atoms with Crippen molar-refractivity contribution in [3.63, 3.8) is 0 Å². The van der Waals surface area contributed by atoms with Crippen LogP contribution in [-0.4, -0.2) is 61.8 Å². The maximum Gasteiger partial charge on any atom is 0.338 e. The van der Waals surface area contributed by atoms with Crippen molar-refractivity contribution in [3.8, 4) is 5.88 Å². The second-order valence-electron chi connectivity index (χ2n) is 13.5. The normalized spacial score (nSPS) is 17.6. The fourth-order valence-corrected chi connectivity index (χ4v) is 6.60. The van der Waals surface area contributed by atoms with Gasteiger partial charge in [-0.1, -0.05) is 35.9 Å². The number of ether oxygens (including phenoxy) is 3. The maximum absolute atomic E-state index is 12.9. The molecule has 2 aliphatic rings. The van der Waals surface area contributed by atoms with Crippen molar-refractivity contribution >= 4 is 39.5 Å². The number of hydrogen-bond donors (Lipinski definition) is 0. The molecule has 244 valence electrons. The molecule has 10 heteroatoms. The number of pyridine rings is 2. The van der Waals surface area contributed by atoms with Crippen LogP contribution in [0.15, 0.2) is 66.9 Å². The van der Waals surface area contributed by atoms with Crippen molar-refractivity contribution in [3.05, 3.63) is 94.5 Å². The number of piperidine rings is 1. The van der Waals surface area contributed by atoms with Crippen LogP contribution in [0.5, 0.6) is 5.88 Å². The van der Waals surface area contributed by atoms with E-state index in [0.717, 1.165) is 91.1 Å². The predicted molar refractivity (Wildman–Crippen MR) is 182 cm³/mol. The van der Waals surface area contributed by atoms with Gasteiger partial charge in [-0.3, -0.25) is 9.88 Å². The van der Waals surface area contributed by atoms with E-state index >= 15 is 0 Å². The first-order chi connectivity index (χ1) is 22.7. The van der Waals surface area contributed by atoms with E-state index in [1.54, 1.807) is 12.3 Å². The summed E-state index contributed by atoms with van der Waals surface area (Å²) in [6, 6.07) is 19.5. The summed E-state index contributed by atoms with van der Waals surface area (Å²) in [5, 5.41) is 1.60. The van der Waals surface area contributed by atoms with Crippen LogP contribution in [-0.2, 0) is 29.2 Å². The van der Waals surface area contributed by atoms with Gasteiger partial charge in [0.15, 0.2) is 0 Å². The summed E-state index contributed by atoms with van der Waals surface area (Å²) < 4.78 is 19.8. The highest BCUT2D eigenvalue weighted by Crippen LogP contribution is 2.31. The first-order valence-corrected chi connectivity index (χ1v) is 16.8. The Balaban J connectivity index is 1.02. The second-order valence-corrected chi connectivity index (χ2v) is 13.9. The first-order valence-electron chi connectivity index (χ1n) is 16.4. The van der Waals surface area contributed by atoms with Gasteiger partial charge in [0, 0.05) is 41.4 Å². The van der Waals surface area contributed by atoms with Gasteiger partial charge in [-0.25, -0.2) is 14.8 Å². The summed E-state index contributed by atoms with van der Waals surface area (Å²) >= 11 is 6.37. The van der Waals surface area contributed by atoms with Crippen molar-refractivity contribution < 1.29 is 19.0 Å². The molecule has 1 atom stereocenters. The molecule has 0 radical (unpaired) electrons. The van der Waals surface area contributed by atoms with Crippen molar-refractivity contribution in [1.82, 2.24) is 24.4 Å². The minimum atomic E-state index is -0.558. The van der Waals surface area contributed by atoms with Gasteiger partial charge in [-0.15, -0.1) is 0 Å². The predicted octanol–water partition coefficient (Wildman–Crippen LogP) is 7.34. The molecule has 2 aromatic carbocycles. The molecule has 3 aromatic heterocycles. The summed E-state index contributed by atoms with van der Waals surface area (Å²) in [7, 11) is 0. The highest BCUT2D eigenvalue weighted by molar-refractivity contribution is 6.35. The Labute approximate surface area is 279 Å². The highest BCUT2D eigenvalue weighted by atomic mass is 35.5. The van der Waals surface area contributed by atoms with Gasteiger partial charge in [0.25, 0.3) is 0 Å². The molecule has 5 heterocycles. The Morgan fingerprint density at radius 3 is 2.60 bits per heavy atom. The molecule has 0 N–H and O–H groups in total. The zero-order valence-corrected chi connectivity index (χ0v) is 27.9. The van der Waals surface area contributed by atoms with E-state index in [-0.39, 0.29) is 12.1 Å². The average molecular weight is 654 g/mol.